The predicted molar refractivity (Wildman–Crippen MR) is 66.8 cm³/mol. The van der Waals surface area contributed by atoms with Crippen molar-refractivity contribution in [3.05, 3.63) is 0 Å². The molecule has 1 aliphatic carbocycles. The molecule has 3 unspecified atom stereocenters. The minimum Gasteiger partial charge on any atom is -0.480 e. The molecule has 1 aliphatic rings. The van der Waals surface area contributed by atoms with Gasteiger partial charge in [0, 0.05) is 6.61 Å². The average molecular weight is 243 g/mol. The Morgan fingerprint density at radius 2 is 1.88 bits per heavy atom. The zero-order chi connectivity index (χ0) is 12.8. The Bertz CT molecular complexity index is 243. The van der Waals surface area contributed by atoms with Gasteiger partial charge in [-0.15, -0.1) is 0 Å². The minimum absolute atomic E-state index is 0.0867. The van der Waals surface area contributed by atoms with E-state index in [1.165, 1.54) is 12.8 Å². The molecule has 0 radical (unpaired) electrons. The lowest BCUT2D eigenvalue weighted by molar-refractivity contribution is -0.140. The van der Waals surface area contributed by atoms with Gasteiger partial charge >= 0.3 is 5.97 Å². The standard InChI is InChI=1S/C13H25NO3/c1-9(2)12(13(16)17)14-7-10-5-3-4-6-11(10)8-15/h9-12,14-15H,3-8H2,1-2H3,(H,16,17). The third-order valence-corrected chi connectivity index (χ3v) is 3.83. The highest BCUT2D eigenvalue weighted by Gasteiger charge is 2.27. The first-order valence-electron chi connectivity index (χ1n) is 6.63. The third kappa shape index (κ3) is 4.28. The van der Waals surface area contributed by atoms with Crippen LogP contribution in [0.25, 0.3) is 0 Å². The van der Waals surface area contributed by atoms with Gasteiger partial charge in [-0.05, 0) is 37.1 Å². The first-order valence-corrected chi connectivity index (χ1v) is 6.63. The lowest BCUT2D eigenvalue weighted by Gasteiger charge is -2.31. The maximum absolute atomic E-state index is 11.1. The monoisotopic (exact) mass is 243 g/mol. The molecule has 1 fully saturated rings. The zero-order valence-electron chi connectivity index (χ0n) is 10.9. The van der Waals surface area contributed by atoms with Crippen LogP contribution in [-0.4, -0.2) is 35.4 Å². The summed E-state index contributed by atoms with van der Waals surface area (Å²) in [6, 6.07) is -0.476. The normalized spacial score (nSPS) is 27.1. The molecule has 0 saturated heterocycles. The molecule has 0 aromatic heterocycles. The number of rotatable bonds is 6. The van der Waals surface area contributed by atoms with Crippen molar-refractivity contribution in [1.29, 1.82) is 0 Å². The smallest absolute Gasteiger partial charge is 0.320 e. The van der Waals surface area contributed by atoms with Crippen LogP contribution in [0.15, 0.2) is 0 Å². The molecule has 17 heavy (non-hydrogen) atoms. The van der Waals surface area contributed by atoms with Gasteiger partial charge in [0.25, 0.3) is 0 Å². The van der Waals surface area contributed by atoms with Crippen molar-refractivity contribution in [2.75, 3.05) is 13.2 Å². The summed E-state index contributed by atoms with van der Waals surface area (Å²) in [4.78, 5) is 11.1. The molecule has 0 bridgehead atoms. The van der Waals surface area contributed by atoms with Crippen LogP contribution < -0.4 is 5.32 Å². The van der Waals surface area contributed by atoms with Crippen molar-refractivity contribution >= 4 is 5.97 Å². The first kappa shape index (κ1) is 14.5. The summed E-state index contributed by atoms with van der Waals surface area (Å²) >= 11 is 0. The Balaban J connectivity index is 2.44. The maximum Gasteiger partial charge on any atom is 0.320 e. The quantitative estimate of drug-likeness (QED) is 0.661. The molecule has 0 heterocycles. The van der Waals surface area contributed by atoms with Gasteiger partial charge in [-0.1, -0.05) is 26.7 Å². The predicted octanol–water partition coefficient (Wildman–Crippen LogP) is 1.48. The summed E-state index contributed by atoms with van der Waals surface area (Å²) < 4.78 is 0. The fourth-order valence-electron chi connectivity index (χ4n) is 2.68. The fourth-order valence-corrected chi connectivity index (χ4v) is 2.68. The van der Waals surface area contributed by atoms with Crippen molar-refractivity contribution in [3.8, 4) is 0 Å². The molecule has 0 aliphatic heterocycles. The third-order valence-electron chi connectivity index (χ3n) is 3.83. The lowest BCUT2D eigenvalue weighted by atomic mass is 9.79. The Morgan fingerprint density at radius 3 is 2.35 bits per heavy atom. The van der Waals surface area contributed by atoms with Crippen LogP contribution in [0.5, 0.6) is 0 Å². The molecule has 3 atom stereocenters. The van der Waals surface area contributed by atoms with E-state index >= 15 is 0 Å². The molecule has 0 aromatic carbocycles. The summed E-state index contributed by atoms with van der Waals surface area (Å²) in [6.45, 7) is 4.76. The van der Waals surface area contributed by atoms with Gasteiger partial charge in [0.2, 0.25) is 0 Å². The summed E-state index contributed by atoms with van der Waals surface area (Å²) in [7, 11) is 0. The van der Waals surface area contributed by atoms with Gasteiger partial charge in [0.05, 0.1) is 0 Å². The first-order chi connectivity index (χ1) is 8.06. The summed E-state index contributed by atoms with van der Waals surface area (Å²) in [5, 5.41) is 21.5. The van der Waals surface area contributed by atoms with E-state index < -0.39 is 12.0 Å². The van der Waals surface area contributed by atoms with Gasteiger partial charge < -0.3 is 15.5 Å². The second-order valence-electron chi connectivity index (χ2n) is 5.46. The number of aliphatic hydroxyl groups excluding tert-OH is 1. The number of aliphatic carboxylic acids is 1. The highest BCUT2D eigenvalue weighted by atomic mass is 16.4. The Morgan fingerprint density at radius 1 is 1.29 bits per heavy atom. The van der Waals surface area contributed by atoms with Gasteiger partial charge in [-0.3, -0.25) is 4.79 Å². The summed E-state index contributed by atoms with van der Waals surface area (Å²) in [6.07, 6.45) is 4.56. The van der Waals surface area contributed by atoms with Crippen molar-refractivity contribution in [1.82, 2.24) is 5.32 Å². The van der Waals surface area contributed by atoms with E-state index in [-0.39, 0.29) is 12.5 Å². The lowest BCUT2D eigenvalue weighted by Crippen LogP contribution is -2.44. The molecule has 0 amide bonds. The zero-order valence-corrected chi connectivity index (χ0v) is 10.9. The highest BCUT2D eigenvalue weighted by Crippen LogP contribution is 2.29. The van der Waals surface area contributed by atoms with E-state index in [2.05, 4.69) is 5.32 Å². The van der Waals surface area contributed by atoms with Crippen molar-refractivity contribution in [2.24, 2.45) is 17.8 Å². The largest absolute Gasteiger partial charge is 0.480 e. The number of aliphatic hydroxyl groups is 1. The Kier molecular flexibility index (Phi) is 5.92. The molecule has 1 saturated carbocycles. The van der Waals surface area contributed by atoms with Crippen LogP contribution in [0.1, 0.15) is 39.5 Å². The van der Waals surface area contributed by atoms with Crippen LogP contribution in [0, 0.1) is 17.8 Å². The van der Waals surface area contributed by atoms with Crippen molar-refractivity contribution < 1.29 is 15.0 Å². The van der Waals surface area contributed by atoms with Crippen molar-refractivity contribution in [3.63, 3.8) is 0 Å². The molecule has 4 nitrogen and oxygen atoms in total. The Hall–Kier alpha value is -0.610. The minimum atomic E-state index is -0.781. The molecule has 4 heteroatoms. The molecule has 3 N–H and O–H groups in total. The SMILES string of the molecule is CC(C)C(NCC1CCCCC1CO)C(=O)O. The van der Waals surface area contributed by atoms with Crippen LogP contribution in [0.2, 0.25) is 0 Å². The second kappa shape index (κ2) is 6.97. The molecule has 0 aromatic rings. The van der Waals surface area contributed by atoms with E-state index in [1.54, 1.807) is 0 Å². The van der Waals surface area contributed by atoms with Crippen LogP contribution >= 0.6 is 0 Å². The number of carbonyl (C=O) groups is 1. The summed E-state index contributed by atoms with van der Waals surface area (Å²) in [5.41, 5.74) is 0. The van der Waals surface area contributed by atoms with Gasteiger partial charge in [0.1, 0.15) is 6.04 Å². The van der Waals surface area contributed by atoms with E-state index in [0.29, 0.717) is 18.4 Å². The number of hydrogen-bond donors (Lipinski definition) is 3. The van der Waals surface area contributed by atoms with E-state index in [0.717, 1.165) is 12.8 Å². The fraction of sp³-hybridized carbons (Fsp3) is 0.923. The number of carboxylic acids is 1. The molecular formula is C13H25NO3. The molecule has 100 valence electrons. The summed E-state index contributed by atoms with van der Waals surface area (Å²) in [5.74, 6) is 0.0761. The molecular weight excluding hydrogens is 218 g/mol. The topological polar surface area (TPSA) is 69.6 Å². The molecule has 1 rings (SSSR count). The average Bonchev–Trinajstić information content (AvgIpc) is 2.29. The maximum atomic E-state index is 11.1. The van der Waals surface area contributed by atoms with Gasteiger partial charge in [0.15, 0.2) is 0 Å². The highest BCUT2D eigenvalue weighted by molar-refractivity contribution is 5.73. The van der Waals surface area contributed by atoms with Gasteiger partial charge in [-0.25, -0.2) is 0 Å². The molecule has 0 spiro atoms. The van der Waals surface area contributed by atoms with E-state index in [4.69, 9.17) is 5.11 Å². The number of carboxylic acid groups (broad SMARTS) is 1. The Labute approximate surface area is 103 Å². The second-order valence-corrected chi connectivity index (χ2v) is 5.46. The van der Waals surface area contributed by atoms with E-state index in [1.807, 2.05) is 13.8 Å². The van der Waals surface area contributed by atoms with Crippen LogP contribution in [0.4, 0.5) is 0 Å². The van der Waals surface area contributed by atoms with Gasteiger partial charge in [-0.2, -0.15) is 0 Å². The van der Waals surface area contributed by atoms with E-state index in [9.17, 15) is 9.90 Å². The van der Waals surface area contributed by atoms with Crippen LogP contribution in [0.3, 0.4) is 0 Å². The van der Waals surface area contributed by atoms with Crippen LogP contribution in [-0.2, 0) is 4.79 Å². The van der Waals surface area contributed by atoms with Crippen molar-refractivity contribution in [2.45, 2.75) is 45.6 Å². The number of hydrogen-bond acceptors (Lipinski definition) is 3. The number of nitrogens with one attached hydrogen (secondary N) is 1.